The summed E-state index contributed by atoms with van der Waals surface area (Å²) in [6.07, 6.45) is 6.16. The molecule has 1 aliphatic rings. The van der Waals surface area contributed by atoms with Crippen LogP contribution in [0, 0.1) is 18.3 Å². The molecule has 2 N–H and O–H groups in total. The quantitative estimate of drug-likeness (QED) is 0.895. The fourth-order valence-corrected chi connectivity index (χ4v) is 3.11. The number of hydrogen-bond donors (Lipinski definition) is 1. The Morgan fingerprint density at radius 1 is 1.44 bits per heavy atom. The summed E-state index contributed by atoms with van der Waals surface area (Å²) in [6.45, 7) is 6.79. The molecule has 0 aromatic carbocycles. The third kappa shape index (κ3) is 3.14. The van der Waals surface area contributed by atoms with E-state index in [1.54, 1.807) is 0 Å². The molecule has 0 aliphatic heterocycles. The molecule has 0 radical (unpaired) electrons. The van der Waals surface area contributed by atoms with Crippen molar-refractivity contribution in [3.05, 3.63) is 17.5 Å². The average molecular weight is 249 g/mol. The van der Waals surface area contributed by atoms with Crippen molar-refractivity contribution in [3.8, 4) is 0 Å². The second-order valence-electron chi connectivity index (χ2n) is 6.77. The van der Waals surface area contributed by atoms with Crippen molar-refractivity contribution < 1.29 is 0 Å². The van der Waals surface area contributed by atoms with Gasteiger partial charge in [0.05, 0.1) is 5.69 Å². The van der Waals surface area contributed by atoms with Gasteiger partial charge in [0.1, 0.15) is 0 Å². The molecule has 1 heterocycles. The van der Waals surface area contributed by atoms with Gasteiger partial charge in [0.15, 0.2) is 0 Å². The van der Waals surface area contributed by atoms with E-state index in [9.17, 15) is 0 Å². The fraction of sp³-hybridized carbons (Fsp3) is 0.800. The summed E-state index contributed by atoms with van der Waals surface area (Å²) in [5.74, 6) is 0.688. The Morgan fingerprint density at radius 3 is 2.56 bits per heavy atom. The van der Waals surface area contributed by atoms with Crippen molar-refractivity contribution >= 4 is 0 Å². The van der Waals surface area contributed by atoms with Crippen LogP contribution in [0.3, 0.4) is 0 Å². The Bertz CT molecular complexity index is 396. The minimum Gasteiger partial charge on any atom is -0.327 e. The summed E-state index contributed by atoms with van der Waals surface area (Å²) < 4.78 is 1.97. The Balaban J connectivity index is 1.93. The Hall–Kier alpha value is -0.830. The molecule has 1 aromatic heterocycles. The molecule has 0 saturated heterocycles. The van der Waals surface area contributed by atoms with Crippen LogP contribution >= 0.6 is 0 Å². The van der Waals surface area contributed by atoms with Crippen LogP contribution in [0.2, 0.25) is 0 Å². The largest absolute Gasteiger partial charge is 0.327 e. The minimum atomic E-state index is 0.288. The van der Waals surface area contributed by atoms with Crippen molar-refractivity contribution in [1.82, 2.24) is 9.78 Å². The zero-order chi connectivity index (χ0) is 13.3. The molecule has 1 atom stereocenters. The Labute approximate surface area is 111 Å². The van der Waals surface area contributed by atoms with Crippen molar-refractivity contribution in [2.24, 2.45) is 24.1 Å². The highest BCUT2D eigenvalue weighted by molar-refractivity contribution is 5.10. The maximum Gasteiger partial charge on any atom is 0.0596 e. The first-order chi connectivity index (χ1) is 8.37. The lowest BCUT2D eigenvalue weighted by molar-refractivity contribution is 0.172. The monoisotopic (exact) mass is 249 g/mol. The number of nitrogens with zero attached hydrogens (tertiary/aromatic N) is 2. The van der Waals surface area contributed by atoms with Gasteiger partial charge in [-0.25, -0.2) is 0 Å². The normalized spacial score (nSPS) is 22.1. The van der Waals surface area contributed by atoms with E-state index in [2.05, 4.69) is 25.0 Å². The topological polar surface area (TPSA) is 43.8 Å². The Kier molecular flexibility index (Phi) is 3.81. The number of rotatable bonds is 3. The van der Waals surface area contributed by atoms with Gasteiger partial charge >= 0.3 is 0 Å². The first kappa shape index (κ1) is 13.6. The second kappa shape index (κ2) is 5.04. The van der Waals surface area contributed by atoms with Crippen LogP contribution in [0.25, 0.3) is 0 Å². The number of nitrogens with two attached hydrogens (primary N) is 1. The summed E-state index contributed by atoms with van der Waals surface area (Å²) in [7, 11) is 2.01. The van der Waals surface area contributed by atoms with E-state index in [-0.39, 0.29) is 6.04 Å². The van der Waals surface area contributed by atoms with Gasteiger partial charge in [-0.15, -0.1) is 0 Å². The summed E-state index contributed by atoms with van der Waals surface area (Å²) in [5, 5.41) is 4.39. The molecule has 3 nitrogen and oxygen atoms in total. The van der Waals surface area contributed by atoms with Gasteiger partial charge in [0, 0.05) is 25.2 Å². The molecule has 1 saturated carbocycles. The van der Waals surface area contributed by atoms with Crippen molar-refractivity contribution in [2.75, 3.05) is 0 Å². The molecule has 1 aromatic rings. The van der Waals surface area contributed by atoms with E-state index in [0.29, 0.717) is 11.3 Å². The third-order valence-corrected chi connectivity index (χ3v) is 4.53. The molecule has 0 spiro atoms. The van der Waals surface area contributed by atoms with Crippen LogP contribution in [0.1, 0.15) is 50.9 Å². The number of aromatic nitrogens is 2. The van der Waals surface area contributed by atoms with Gasteiger partial charge in [0.25, 0.3) is 0 Å². The lowest BCUT2D eigenvalue weighted by atomic mass is 9.71. The second-order valence-corrected chi connectivity index (χ2v) is 6.77. The minimum absolute atomic E-state index is 0.288. The Morgan fingerprint density at radius 2 is 2.06 bits per heavy atom. The van der Waals surface area contributed by atoms with E-state index in [1.807, 2.05) is 18.7 Å². The lowest BCUT2D eigenvalue weighted by Crippen LogP contribution is -2.36. The molecule has 0 bridgehead atoms. The van der Waals surface area contributed by atoms with Crippen molar-refractivity contribution in [1.29, 1.82) is 0 Å². The first-order valence-corrected chi connectivity index (χ1v) is 7.12. The predicted octanol–water partition coefficient (Wildman–Crippen LogP) is 2.81. The van der Waals surface area contributed by atoms with Crippen LogP contribution in [0.5, 0.6) is 0 Å². The summed E-state index contributed by atoms with van der Waals surface area (Å²) in [6, 6.07) is 2.45. The van der Waals surface area contributed by atoms with E-state index < -0.39 is 0 Å². The molecular weight excluding hydrogens is 222 g/mol. The van der Waals surface area contributed by atoms with Gasteiger partial charge in [-0.3, -0.25) is 4.68 Å². The van der Waals surface area contributed by atoms with Crippen molar-refractivity contribution in [2.45, 2.75) is 58.9 Å². The molecule has 3 heteroatoms. The molecule has 0 amide bonds. The van der Waals surface area contributed by atoms with Gasteiger partial charge in [-0.1, -0.05) is 13.8 Å². The standard InChI is InChI=1S/C15H27N3/c1-11-9-13(18(4)17-11)10-14(16)12-5-7-15(2,3)8-6-12/h9,12,14H,5-8,10,16H2,1-4H3. The molecule has 1 aliphatic carbocycles. The molecule has 2 rings (SSSR count). The highest BCUT2D eigenvalue weighted by atomic mass is 15.3. The lowest BCUT2D eigenvalue weighted by Gasteiger charge is -2.36. The molecular formula is C15H27N3. The van der Waals surface area contributed by atoms with Gasteiger partial charge in [0.2, 0.25) is 0 Å². The number of hydrogen-bond acceptors (Lipinski definition) is 2. The summed E-state index contributed by atoms with van der Waals surface area (Å²) in [4.78, 5) is 0. The van der Waals surface area contributed by atoms with Crippen LogP contribution in [-0.4, -0.2) is 15.8 Å². The van der Waals surface area contributed by atoms with Crippen LogP contribution in [0.15, 0.2) is 6.07 Å². The van der Waals surface area contributed by atoms with Gasteiger partial charge in [-0.2, -0.15) is 5.10 Å². The predicted molar refractivity (Wildman–Crippen MR) is 75.4 cm³/mol. The average Bonchev–Trinajstić information content (AvgIpc) is 2.57. The zero-order valence-electron chi connectivity index (χ0n) is 12.2. The highest BCUT2D eigenvalue weighted by Gasteiger charge is 2.30. The molecule has 1 fully saturated rings. The molecule has 1 unspecified atom stereocenters. The van der Waals surface area contributed by atoms with E-state index in [4.69, 9.17) is 5.73 Å². The zero-order valence-corrected chi connectivity index (χ0v) is 12.2. The SMILES string of the molecule is Cc1cc(CC(N)C2CCC(C)(C)CC2)n(C)n1. The maximum atomic E-state index is 6.41. The first-order valence-electron chi connectivity index (χ1n) is 7.12. The van der Waals surface area contributed by atoms with E-state index in [1.165, 1.54) is 31.4 Å². The fourth-order valence-electron chi connectivity index (χ4n) is 3.11. The molecule has 18 heavy (non-hydrogen) atoms. The van der Waals surface area contributed by atoms with Crippen LogP contribution in [-0.2, 0) is 13.5 Å². The van der Waals surface area contributed by atoms with Crippen molar-refractivity contribution in [3.63, 3.8) is 0 Å². The molecule has 102 valence electrons. The van der Waals surface area contributed by atoms with Crippen LogP contribution < -0.4 is 5.73 Å². The summed E-state index contributed by atoms with van der Waals surface area (Å²) >= 11 is 0. The van der Waals surface area contributed by atoms with E-state index >= 15 is 0 Å². The van der Waals surface area contributed by atoms with Gasteiger partial charge < -0.3 is 5.73 Å². The summed E-state index contributed by atoms with van der Waals surface area (Å²) in [5.41, 5.74) is 9.29. The number of aryl methyl sites for hydroxylation is 2. The third-order valence-electron chi connectivity index (χ3n) is 4.53. The maximum absolute atomic E-state index is 6.41. The smallest absolute Gasteiger partial charge is 0.0596 e. The van der Waals surface area contributed by atoms with Crippen LogP contribution in [0.4, 0.5) is 0 Å². The van der Waals surface area contributed by atoms with Gasteiger partial charge in [-0.05, 0) is 50.0 Å². The highest BCUT2D eigenvalue weighted by Crippen LogP contribution is 2.39. The van der Waals surface area contributed by atoms with E-state index in [0.717, 1.165) is 12.1 Å².